The second-order valence-electron chi connectivity index (χ2n) is 3.82. The van der Waals surface area contributed by atoms with Gasteiger partial charge >= 0.3 is 0 Å². The number of rotatable bonds is 3. The minimum Gasteiger partial charge on any atom is -0.493 e. The van der Waals surface area contributed by atoms with E-state index in [2.05, 4.69) is 5.32 Å². The molecule has 1 fully saturated rings. The Balaban J connectivity index is 2.34. The fourth-order valence-electron chi connectivity index (χ4n) is 1.67. The van der Waals surface area contributed by atoms with Crippen molar-refractivity contribution in [3.63, 3.8) is 0 Å². The molecule has 0 bridgehead atoms. The molecule has 1 aromatic carbocycles. The summed E-state index contributed by atoms with van der Waals surface area (Å²) in [5.74, 6) is 0.619. The second kappa shape index (κ2) is 5.18. The molecule has 0 saturated carbocycles. The van der Waals surface area contributed by atoms with Gasteiger partial charge in [0.05, 0.1) is 6.61 Å². The Labute approximate surface area is 111 Å². The summed E-state index contributed by atoms with van der Waals surface area (Å²) >= 11 is 5.02. The van der Waals surface area contributed by atoms with Gasteiger partial charge in [-0.05, 0) is 31.3 Å². The fourth-order valence-corrected chi connectivity index (χ4v) is 1.86. The van der Waals surface area contributed by atoms with Crippen molar-refractivity contribution < 1.29 is 9.53 Å². The molecule has 5 heteroatoms. The molecule has 1 saturated heterocycles. The summed E-state index contributed by atoms with van der Waals surface area (Å²) in [6, 6.07) is 7.57. The molecular formula is C13H14N2O2S. The number of likely N-dealkylation sites (N-methyl/N-ethyl adjacent to an activating group) is 1. The molecule has 2 rings (SSSR count). The third-order valence-corrected chi connectivity index (χ3v) is 2.98. The van der Waals surface area contributed by atoms with E-state index < -0.39 is 0 Å². The predicted molar refractivity (Wildman–Crippen MR) is 74.1 cm³/mol. The Bertz CT molecular complexity index is 525. The first-order valence-electron chi connectivity index (χ1n) is 5.66. The Hall–Kier alpha value is -1.88. The lowest BCUT2D eigenvalue weighted by Crippen LogP contribution is -2.25. The van der Waals surface area contributed by atoms with Crippen molar-refractivity contribution in [3.8, 4) is 5.75 Å². The molecule has 1 aromatic rings. The normalized spacial score (nSPS) is 17.2. The summed E-state index contributed by atoms with van der Waals surface area (Å²) in [5, 5.41) is 3.30. The van der Waals surface area contributed by atoms with Crippen molar-refractivity contribution in [2.24, 2.45) is 0 Å². The van der Waals surface area contributed by atoms with Crippen LogP contribution in [0.25, 0.3) is 6.08 Å². The standard InChI is InChI=1S/C13H14N2O2S/c1-3-17-11-7-5-4-6-9(11)8-10-12(16)15(2)13(18)14-10/h4-8H,3H2,1-2H3,(H,14,18). The highest BCUT2D eigenvalue weighted by Crippen LogP contribution is 2.22. The van der Waals surface area contributed by atoms with Gasteiger partial charge < -0.3 is 10.1 Å². The van der Waals surface area contributed by atoms with Crippen molar-refractivity contribution in [2.45, 2.75) is 6.92 Å². The first-order valence-corrected chi connectivity index (χ1v) is 6.07. The van der Waals surface area contributed by atoms with Gasteiger partial charge in [-0.1, -0.05) is 18.2 Å². The molecule has 1 N–H and O–H groups in total. The van der Waals surface area contributed by atoms with Crippen LogP contribution in [0.4, 0.5) is 0 Å². The first kappa shape index (κ1) is 12.6. The largest absolute Gasteiger partial charge is 0.493 e. The Morgan fingerprint density at radius 3 is 2.78 bits per heavy atom. The van der Waals surface area contributed by atoms with Crippen LogP contribution in [0.2, 0.25) is 0 Å². The van der Waals surface area contributed by atoms with Gasteiger partial charge in [-0.3, -0.25) is 9.69 Å². The summed E-state index contributed by atoms with van der Waals surface area (Å²) < 4.78 is 5.51. The Morgan fingerprint density at radius 1 is 1.44 bits per heavy atom. The lowest BCUT2D eigenvalue weighted by atomic mass is 10.1. The van der Waals surface area contributed by atoms with Crippen molar-refractivity contribution in [2.75, 3.05) is 13.7 Å². The number of thiocarbonyl (C=S) groups is 1. The average molecular weight is 262 g/mol. The van der Waals surface area contributed by atoms with E-state index in [4.69, 9.17) is 17.0 Å². The molecule has 94 valence electrons. The van der Waals surface area contributed by atoms with Crippen LogP contribution < -0.4 is 10.1 Å². The molecule has 0 aliphatic carbocycles. The highest BCUT2D eigenvalue weighted by molar-refractivity contribution is 7.80. The number of amides is 1. The van der Waals surface area contributed by atoms with E-state index in [9.17, 15) is 4.79 Å². The molecule has 0 radical (unpaired) electrons. The number of para-hydroxylation sites is 1. The van der Waals surface area contributed by atoms with Crippen LogP contribution in [-0.2, 0) is 4.79 Å². The monoisotopic (exact) mass is 262 g/mol. The smallest absolute Gasteiger partial charge is 0.276 e. The minimum atomic E-state index is -0.133. The topological polar surface area (TPSA) is 41.6 Å². The maximum Gasteiger partial charge on any atom is 0.276 e. The van der Waals surface area contributed by atoms with Crippen LogP contribution in [0.5, 0.6) is 5.75 Å². The first-order chi connectivity index (χ1) is 8.63. The van der Waals surface area contributed by atoms with Crippen LogP contribution in [0.15, 0.2) is 30.0 Å². The van der Waals surface area contributed by atoms with Crippen molar-refractivity contribution in [3.05, 3.63) is 35.5 Å². The van der Waals surface area contributed by atoms with Gasteiger partial charge in [0.15, 0.2) is 5.11 Å². The number of carbonyl (C=O) groups excluding carboxylic acids is 1. The molecule has 1 heterocycles. The summed E-state index contributed by atoms with van der Waals surface area (Å²) in [4.78, 5) is 13.3. The average Bonchev–Trinajstić information content (AvgIpc) is 2.60. The SMILES string of the molecule is CCOc1ccccc1C=C1NC(=S)N(C)C1=O. The van der Waals surface area contributed by atoms with E-state index in [-0.39, 0.29) is 5.91 Å². The third-order valence-electron chi connectivity index (χ3n) is 2.60. The van der Waals surface area contributed by atoms with Crippen LogP contribution in [-0.4, -0.2) is 29.6 Å². The number of ether oxygens (including phenoxy) is 1. The summed E-state index contributed by atoms with van der Waals surface area (Å²) in [7, 11) is 1.65. The van der Waals surface area contributed by atoms with Gasteiger partial charge in [-0.25, -0.2) is 0 Å². The lowest BCUT2D eigenvalue weighted by molar-refractivity contribution is -0.121. The van der Waals surface area contributed by atoms with Crippen molar-refractivity contribution in [1.29, 1.82) is 0 Å². The van der Waals surface area contributed by atoms with Gasteiger partial charge in [-0.2, -0.15) is 0 Å². The minimum absolute atomic E-state index is 0.133. The number of hydrogen-bond acceptors (Lipinski definition) is 3. The van der Waals surface area contributed by atoms with Crippen LogP contribution in [0, 0.1) is 0 Å². The van der Waals surface area contributed by atoms with E-state index in [0.717, 1.165) is 11.3 Å². The number of nitrogens with zero attached hydrogens (tertiary/aromatic N) is 1. The van der Waals surface area contributed by atoms with Crippen LogP contribution in [0.3, 0.4) is 0 Å². The number of nitrogens with one attached hydrogen (secondary N) is 1. The molecular weight excluding hydrogens is 248 g/mol. The number of hydrogen-bond donors (Lipinski definition) is 1. The summed E-state index contributed by atoms with van der Waals surface area (Å²) in [5.41, 5.74) is 1.32. The molecule has 0 aromatic heterocycles. The zero-order valence-electron chi connectivity index (χ0n) is 10.3. The summed E-state index contributed by atoms with van der Waals surface area (Å²) in [6.07, 6.45) is 1.75. The number of benzene rings is 1. The molecule has 0 spiro atoms. The van der Waals surface area contributed by atoms with Crippen LogP contribution >= 0.6 is 12.2 Å². The molecule has 0 unspecified atom stereocenters. The highest BCUT2D eigenvalue weighted by atomic mass is 32.1. The third kappa shape index (κ3) is 2.36. The summed E-state index contributed by atoms with van der Waals surface area (Å²) in [6.45, 7) is 2.51. The van der Waals surface area contributed by atoms with Gasteiger partial charge in [0.1, 0.15) is 11.4 Å². The number of carbonyl (C=O) groups is 1. The molecule has 1 aliphatic rings. The molecule has 1 aliphatic heterocycles. The van der Waals surface area contributed by atoms with Crippen molar-refractivity contribution >= 4 is 29.3 Å². The quantitative estimate of drug-likeness (QED) is 0.666. The maximum absolute atomic E-state index is 11.9. The lowest BCUT2D eigenvalue weighted by Gasteiger charge is -2.07. The highest BCUT2D eigenvalue weighted by Gasteiger charge is 2.27. The van der Waals surface area contributed by atoms with Gasteiger partial charge in [0, 0.05) is 12.6 Å². The van der Waals surface area contributed by atoms with Crippen LogP contribution in [0.1, 0.15) is 12.5 Å². The maximum atomic E-state index is 11.9. The van der Waals surface area contributed by atoms with E-state index in [1.807, 2.05) is 31.2 Å². The molecule has 18 heavy (non-hydrogen) atoms. The Kier molecular flexibility index (Phi) is 3.62. The molecule has 0 atom stereocenters. The molecule has 4 nitrogen and oxygen atoms in total. The zero-order valence-corrected chi connectivity index (χ0v) is 11.1. The van der Waals surface area contributed by atoms with Crippen molar-refractivity contribution in [1.82, 2.24) is 10.2 Å². The van der Waals surface area contributed by atoms with Gasteiger partial charge in [0.2, 0.25) is 0 Å². The predicted octanol–water partition coefficient (Wildman–Crippen LogP) is 1.77. The van der Waals surface area contributed by atoms with Gasteiger partial charge in [-0.15, -0.1) is 0 Å². The van der Waals surface area contributed by atoms with E-state index in [1.165, 1.54) is 4.90 Å². The Morgan fingerprint density at radius 2 is 2.17 bits per heavy atom. The second-order valence-corrected chi connectivity index (χ2v) is 4.21. The van der Waals surface area contributed by atoms with E-state index in [0.29, 0.717) is 17.4 Å². The fraction of sp³-hybridized carbons (Fsp3) is 0.231. The van der Waals surface area contributed by atoms with E-state index in [1.54, 1.807) is 13.1 Å². The van der Waals surface area contributed by atoms with Gasteiger partial charge in [0.25, 0.3) is 5.91 Å². The van der Waals surface area contributed by atoms with E-state index >= 15 is 0 Å². The molecule has 1 amide bonds. The zero-order chi connectivity index (χ0) is 13.1.